The van der Waals surface area contributed by atoms with Crippen molar-refractivity contribution in [2.45, 2.75) is 0 Å². The minimum absolute atomic E-state index is 0.396. The Kier molecular flexibility index (Phi) is 1.94. The van der Waals surface area contributed by atoms with Crippen LogP contribution in [-0.4, -0.2) is 0 Å². The van der Waals surface area contributed by atoms with Gasteiger partial charge in [0.15, 0.2) is 0 Å². The average molecular weight is 521 g/mol. The normalized spacial score (nSPS) is 20.2. The van der Waals surface area contributed by atoms with Gasteiger partial charge in [0.2, 0.25) is 0 Å². The molecule has 0 amide bonds. The van der Waals surface area contributed by atoms with Crippen molar-refractivity contribution in [3.63, 3.8) is 0 Å². The highest BCUT2D eigenvalue weighted by Gasteiger charge is 2.19. The first kappa shape index (κ1) is 8.69. The van der Waals surface area contributed by atoms with Crippen molar-refractivity contribution < 1.29 is 37.3 Å². The second kappa shape index (κ2) is 8.72. The fraction of sp³-hybridized carbons (Fsp3) is 0. The number of hydrogen-bond acceptors (Lipinski definition) is 1. The molecule has 0 aliphatic rings. The van der Waals surface area contributed by atoms with Gasteiger partial charge < -0.3 is 4.42 Å². The van der Waals surface area contributed by atoms with E-state index in [1.54, 1.807) is 0 Å². The lowest BCUT2D eigenvalue weighted by Gasteiger charge is -2.18. The molecule has 0 unspecified atom stereocenters. The van der Waals surface area contributed by atoms with Gasteiger partial charge in [-0.05, 0) is 49.8 Å². The molecule has 0 aliphatic carbocycles. The molecule has 1 aromatic heterocycles. The lowest BCUT2D eigenvalue weighted by molar-refractivity contribution is 0.670. The van der Waals surface area contributed by atoms with Crippen LogP contribution in [0.3, 0.4) is 0 Å². The second-order valence-electron chi connectivity index (χ2n) is 8.26. The summed E-state index contributed by atoms with van der Waals surface area (Å²) in [7, 11) is 0. The molecule has 0 saturated carbocycles. The molecule has 0 saturated heterocycles. The zero-order chi connectivity index (χ0) is 46.6. The molecule has 1 nitrogen and oxygen atoms in total. The van der Waals surface area contributed by atoms with E-state index < -0.39 is 222 Å². The van der Waals surface area contributed by atoms with E-state index in [-0.39, 0.29) is 0 Å². The van der Waals surface area contributed by atoms with Gasteiger partial charge in [-0.3, -0.25) is 0 Å². The van der Waals surface area contributed by atoms with Crippen molar-refractivity contribution in [2.24, 2.45) is 0 Å². The summed E-state index contributed by atoms with van der Waals surface area (Å²) in [6, 6.07) is -21.3. The molecule has 0 spiro atoms. The van der Waals surface area contributed by atoms with Crippen molar-refractivity contribution in [1.82, 2.24) is 0 Å². The number of hydrogen-bond donors (Lipinski definition) is 0. The largest absolute Gasteiger partial charge is 0.455 e. The van der Waals surface area contributed by atoms with Gasteiger partial charge in [0, 0.05) is 21.9 Å². The molecular weight excluding hydrogens is 472 g/mol. The predicted molar refractivity (Wildman–Crippen MR) is 165 cm³/mol. The van der Waals surface area contributed by atoms with Crippen LogP contribution in [0.1, 0.15) is 32.9 Å². The Morgan fingerprint density at radius 3 is 1.51 bits per heavy atom. The van der Waals surface area contributed by atoms with Crippen LogP contribution < -0.4 is 0 Å². The smallest absolute Gasteiger partial charge is 0.143 e. The minimum Gasteiger partial charge on any atom is -0.455 e. The zero-order valence-electron chi connectivity index (χ0n) is 43.4. The van der Waals surface area contributed by atoms with Crippen LogP contribution in [0.25, 0.3) is 76.9 Å². The summed E-state index contributed by atoms with van der Waals surface area (Å²) in [6.45, 7) is 0. The maximum Gasteiger partial charge on any atom is 0.143 e. The molecular formula is C38H24O. The molecule has 8 rings (SSSR count). The van der Waals surface area contributed by atoms with Crippen LogP contribution in [0.2, 0.25) is 0 Å². The molecule has 39 heavy (non-hydrogen) atoms. The average Bonchev–Trinajstić information content (AvgIpc) is 3.66. The highest BCUT2D eigenvalue weighted by atomic mass is 16.3. The van der Waals surface area contributed by atoms with Crippen LogP contribution in [-0.2, 0) is 0 Å². The molecule has 7 aromatic carbocycles. The first-order valence-electron chi connectivity index (χ1n) is 23.4. The Morgan fingerprint density at radius 2 is 0.846 bits per heavy atom. The van der Waals surface area contributed by atoms with Gasteiger partial charge in [0.25, 0.3) is 0 Å². The molecule has 8 aromatic rings. The van der Waals surface area contributed by atoms with E-state index in [4.69, 9.17) is 27.7 Å². The molecule has 0 aliphatic heterocycles. The Balaban J connectivity index is 1.71. The molecule has 0 N–H and O–H groups in total. The summed E-state index contributed by atoms with van der Waals surface area (Å²) >= 11 is 0. The van der Waals surface area contributed by atoms with E-state index >= 15 is 0 Å². The monoisotopic (exact) mass is 520 g/mol. The van der Waals surface area contributed by atoms with Gasteiger partial charge >= 0.3 is 0 Å². The van der Waals surface area contributed by atoms with Crippen LogP contribution in [0.4, 0.5) is 0 Å². The maximum absolute atomic E-state index is 9.30. The second-order valence-corrected chi connectivity index (χ2v) is 8.26. The quantitative estimate of drug-likeness (QED) is 0.211. The van der Waals surface area contributed by atoms with E-state index in [2.05, 4.69) is 0 Å². The van der Waals surface area contributed by atoms with Gasteiger partial charge in [-0.2, -0.15) is 0 Å². The first-order valence-corrected chi connectivity index (χ1v) is 11.4. The van der Waals surface area contributed by atoms with Crippen LogP contribution >= 0.6 is 0 Å². The summed E-state index contributed by atoms with van der Waals surface area (Å²) in [5.41, 5.74) is -5.33. The zero-order valence-corrected chi connectivity index (χ0v) is 19.4. The van der Waals surface area contributed by atoms with Gasteiger partial charge in [-0.1, -0.05) is 139 Å². The van der Waals surface area contributed by atoms with E-state index in [1.807, 2.05) is 0 Å². The lowest BCUT2D eigenvalue weighted by atomic mass is 9.85. The van der Waals surface area contributed by atoms with Crippen LogP contribution in [0.5, 0.6) is 0 Å². The molecule has 0 bridgehead atoms. The Labute approximate surface area is 260 Å². The fourth-order valence-electron chi connectivity index (χ4n) is 4.57. The minimum atomic E-state index is -1.02. The van der Waals surface area contributed by atoms with Crippen LogP contribution in [0.15, 0.2) is 149 Å². The topological polar surface area (TPSA) is 13.1 Å². The Morgan fingerprint density at radius 1 is 0.359 bits per heavy atom. The number of furan rings is 1. The summed E-state index contributed by atoms with van der Waals surface area (Å²) < 4.78 is 217. The van der Waals surface area contributed by atoms with Crippen molar-refractivity contribution in [3.05, 3.63) is 145 Å². The van der Waals surface area contributed by atoms with Gasteiger partial charge in [-0.25, -0.2) is 0 Å². The van der Waals surface area contributed by atoms with Crippen LogP contribution in [0, 0.1) is 0 Å². The number of benzene rings is 7. The Bertz CT molecular complexity index is 3360. The number of rotatable bonds is 3. The van der Waals surface area contributed by atoms with Crippen molar-refractivity contribution in [3.8, 4) is 33.4 Å². The van der Waals surface area contributed by atoms with Crippen molar-refractivity contribution in [2.75, 3.05) is 0 Å². The van der Waals surface area contributed by atoms with E-state index in [0.29, 0.717) is 0 Å². The van der Waals surface area contributed by atoms with Crippen molar-refractivity contribution >= 4 is 43.5 Å². The molecule has 0 radical (unpaired) electrons. The van der Waals surface area contributed by atoms with Crippen molar-refractivity contribution in [1.29, 1.82) is 0 Å². The molecule has 1 heterocycles. The summed E-state index contributed by atoms with van der Waals surface area (Å²) in [5, 5.41) is -3.52. The highest BCUT2D eigenvalue weighted by molar-refractivity contribution is 6.24. The number of fused-ring (bicyclic) bond motifs is 5. The van der Waals surface area contributed by atoms with E-state index in [0.717, 1.165) is 0 Å². The van der Waals surface area contributed by atoms with Gasteiger partial charge in [0.1, 0.15) is 11.2 Å². The third-order valence-electron chi connectivity index (χ3n) is 6.19. The maximum atomic E-state index is 9.30. The summed E-state index contributed by atoms with van der Waals surface area (Å²) in [5.74, 6) is 0. The van der Waals surface area contributed by atoms with E-state index in [9.17, 15) is 9.60 Å². The number of para-hydroxylation sites is 2. The highest BCUT2D eigenvalue weighted by Crippen LogP contribution is 2.46. The fourth-order valence-corrected chi connectivity index (χ4v) is 4.57. The third-order valence-corrected chi connectivity index (χ3v) is 6.19. The molecule has 0 atom stereocenters. The first-order chi connectivity index (χ1) is 29.3. The third kappa shape index (κ3) is 3.41. The van der Waals surface area contributed by atoms with E-state index in [1.165, 1.54) is 0 Å². The molecule has 1 heteroatoms. The molecule has 0 fully saturated rings. The Hall–Kier alpha value is -5.14. The lowest BCUT2D eigenvalue weighted by Crippen LogP contribution is -1.91. The molecule has 182 valence electrons. The SMILES string of the molecule is [2H]c1c([2H])c([2H])c(-c2c([2H])c([2H])c(-c3c4c([2H])c([2H])c([2H])c([2H])c4c(-c4c([2H])c([2H])c([2H])c5c4oc4c([2H])c([2H])c([2H])c([2H])c45)c4c([2H])c([2H])c([2H])c([2H])c34)c([2H])c2[2H])c([2H])c1[2H]. The summed E-state index contributed by atoms with van der Waals surface area (Å²) in [6.07, 6.45) is 0. The standard InChI is InChI=1S/C38H24O/c1-2-11-25(12-3-1)26-21-23-27(24-22-26)36-29-14-4-6-16-31(29)37(32-17-7-5-15-30(32)36)34-19-10-18-33-28-13-8-9-20-35(28)39-38(33)34/h1-24H/i1D,2D,3D,4D,5D,6D,7D,8D,9D,10D,11D,12D,13D,14D,15D,16D,17D,18D,19D,20D,21D,22D,23D,24D. The predicted octanol–water partition coefficient (Wildman–Crippen LogP) is 10.9. The van der Waals surface area contributed by atoms with Gasteiger partial charge in [-0.15, -0.1) is 0 Å². The summed E-state index contributed by atoms with van der Waals surface area (Å²) in [4.78, 5) is 0. The van der Waals surface area contributed by atoms with Gasteiger partial charge in [0.05, 0.1) is 32.9 Å².